The van der Waals surface area contributed by atoms with Crippen molar-refractivity contribution in [3.8, 4) is 0 Å². The number of phosphoric ester groups is 1. The third-order valence-corrected chi connectivity index (χ3v) is 8.68. The van der Waals surface area contributed by atoms with Crippen LogP contribution in [0.4, 0.5) is 4.79 Å². The predicted molar refractivity (Wildman–Crippen MR) is 165 cm³/mol. The van der Waals surface area contributed by atoms with Crippen LogP contribution in [0, 0.1) is 6.92 Å². The first-order chi connectivity index (χ1) is 24.4. The standard InChI is InChI=1S/C27H43N4O20P/c1-13-3-4-31(25(41)29-13)23-21(38)20(37)16(49-23)12-48-52(43,44)51-27(24(39)40)9-14(33)18(22(50-27)19(36)15(34)11-32)30-17(35)10-28-26(42)47-8-7-46-6-5-45-2/h3-4,14-16,18-23,32-34,36-38H,5-12H2,1-2H3,(H,28,42)(H,30,35)(H,39,40)(H,43,44)/t14-,15-,16?,18-,19-,20-,21-,22?,23-,27-/m1/s1. The topological polar surface area (TPSA) is 354 Å². The molecule has 1 aromatic heterocycles. The lowest BCUT2D eigenvalue weighted by atomic mass is 9.88. The zero-order valence-corrected chi connectivity index (χ0v) is 28.7. The number of hydrogen-bond acceptors (Lipinski definition) is 19. The number of ether oxygens (including phenoxy) is 5. The molecule has 3 unspecified atom stereocenters. The van der Waals surface area contributed by atoms with Gasteiger partial charge in [0.1, 0.15) is 49.8 Å². The van der Waals surface area contributed by atoms with Gasteiger partial charge < -0.3 is 75.0 Å². The van der Waals surface area contributed by atoms with E-state index in [0.29, 0.717) is 12.3 Å². The molecule has 25 heteroatoms. The summed E-state index contributed by atoms with van der Waals surface area (Å²) < 4.78 is 49.0. The van der Waals surface area contributed by atoms with Gasteiger partial charge in [-0.25, -0.2) is 23.5 Å². The molecule has 3 heterocycles. The average Bonchev–Trinajstić information content (AvgIpc) is 3.36. The minimum absolute atomic E-state index is 0.0227. The number of carboxylic acids is 1. The Kier molecular flexibility index (Phi) is 16.0. The average molecular weight is 775 g/mol. The summed E-state index contributed by atoms with van der Waals surface area (Å²) in [5.41, 5.74) is -0.507. The van der Waals surface area contributed by atoms with Crippen LogP contribution in [0.3, 0.4) is 0 Å². The van der Waals surface area contributed by atoms with E-state index >= 15 is 0 Å². The molecular weight excluding hydrogens is 731 g/mol. The Labute approximate surface area is 294 Å². The molecule has 2 saturated heterocycles. The molecule has 11 atom stereocenters. The normalized spacial score (nSPS) is 29.8. The van der Waals surface area contributed by atoms with E-state index in [0.717, 1.165) is 4.57 Å². The number of nitrogens with one attached hydrogen (secondary N) is 2. The Morgan fingerprint density at radius 3 is 2.48 bits per heavy atom. The maximum Gasteiger partial charge on any atom is 0.475 e. The Bertz CT molecular complexity index is 1470. The highest BCUT2D eigenvalue weighted by atomic mass is 31.2. The fraction of sp³-hybridized carbons (Fsp3) is 0.741. The first-order valence-electron chi connectivity index (χ1n) is 15.5. The Morgan fingerprint density at radius 1 is 1.15 bits per heavy atom. The van der Waals surface area contributed by atoms with Crippen LogP contribution in [-0.2, 0) is 46.9 Å². The van der Waals surface area contributed by atoms with Crippen LogP contribution in [0.5, 0.6) is 0 Å². The highest BCUT2D eigenvalue weighted by molar-refractivity contribution is 7.47. The van der Waals surface area contributed by atoms with Gasteiger partial charge in [0.25, 0.3) is 5.79 Å². The summed E-state index contributed by atoms with van der Waals surface area (Å²) in [5.74, 6) is -6.52. The third kappa shape index (κ3) is 11.4. The summed E-state index contributed by atoms with van der Waals surface area (Å²) in [6.07, 6.45) is -16.3. The number of hydrogen-bond donors (Lipinski definition) is 10. The number of carbonyl (C=O) groups is 3. The number of rotatable bonds is 19. The maximum absolute atomic E-state index is 13.0. The van der Waals surface area contributed by atoms with E-state index in [1.807, 2.05) is 0 Å². The van der Waals surface area contributed by atoms with Crippen molar-refractivity contribution in [2.75, 3.05) is 53.3 Å². The lowest BCUT2D eigenvalue weighted by Gasteiger charge is -2.46. The number of aliphatic hydroxyl groups is 6. The largest absolute Gasteiger partial charge is 0.477 e. The van der Waals surface area contributed by atoms with Gasteiger partial charge >= 0.3 is 25.6 Å². The molecule has 0 spiro atoms. The van der Waals surface area contributed by atoms with Gasteiger partial charge in [0.2, 0.25) is 5.91 Å². The van der Waals surface area contributed by atoms with E-state index in [9.17, 15) is 64.4 Å². The Morgan fingerprint density at radius 2 is 1.85 bits per heavy atom. The molecule has 10 N–H and O–H groups in total. The maximum atomic E-state index is 13.0. The molecule has 0 aromatic carbocycles. The minimum atomic E-state index is -5.62. The summed E-state index contributed by atoms with van der Waals surface area (Å²) in [6.45, 7) is -1.03. The third-order valence-electron chi connectivity index (χ3n) is 7.68. The van der Waals surface area contributed by atoms with Crippen LogP contribution in [-0.4, -0.2) is 176 Å². The van der Waals surface area contributed by atoms with Gasteiger partial charge in [0, 0.05) is 25.4 Å². The first-order valence-corrected chi connectivity index (χ1v) is 17.0. The fourth-order valence-electron chi connectivity index (χ4n) is 5.03. The van der Waals surface area contributed by atoms with E-state index in [-0.39, 0.29) is 19.8 Å². The van der Waals surface area contributed by atoms with E-state index in [2.05, 4.69) is 15.6 Å². The first kappa shape index (κ1) is 43.2. The van der Waals surface area contributed by atoms with E-state index < -0.39 is 118 Å². The molecule has 2 fully saturated rings. The molecule has 52 heavy (non-hydrogen) atoms. The molecule has 2 aliphatic heterocycles. The van der Waals surface area contributed by atoms with Gasteiger partial charge in [-0.3, -0.25) is 13.9 Å². The number of aliphatic hydroxyl groups excluding tert-OH is 6. The highest BCUT2D eigenvalue weighted by Crippen LogP contribution is 2.51. The van der Waals surface area contributed by atoms with Crippen molar-refractivity contribution in [3.63, 3.8) is 0 Å². The van der Waals surface area contributed by atoms with Crippen molar-refractivity contribution in [1.29, 1.82) is 0 Å². The number of carboxylic acid groups (broad SMARTS) is 1. The zero-order chi connectivity index (χ0) is 38.8. The number of alkyl carbamates (subject to hydrolysis) is 1. The fourth-order valence-corrected chi connectivity index (χ4v) is 5.99. The smallest absolute Gasteiger partial charge is 0.475 e. The highest BCUT2D eigenvalue weighted by Gasteiger charge is 2.59. The van der Waals surface area contributed by atoms with Crippen molar-refractivity contribution in [2.45, 2.75) is 74.1 Å². The van der Waals surface area contributed by atoms with E-state index in [1.54, 1.807) is 0 Å². The zero-order valence-electron chi connectivity index (χ0n) is 27.8. The van der Waals surface area contributed by atoms with Crippen molar-refractivity contribution >= 4 is 25.8 Å². The lowest BCUT2D eigenvalue weighted by Crippen LogP contribution is -2.68. The van der Waals surface area contributed by atoms with Crippen LogP contribution in [0.1, 0.15) is 18.3 Å². The molecule has 0 bridgehead atoms. The summed E-state index contributed by atoms with van der Waals surface area (Å²) in [5, 5.41) is 76.3. The number of aryl methyl sites for hydroxylation is 1. The second-order valence-corrected chi connectivity index (χ2v) is 12.9. The molecule has 2 amide bonds. The van der Waals surface area contributed by atoms with E-state index in [4.69, 9.17) is 32.7 Å². The van der Waals surface area contributed by atoms with Gasteiger partial charge in [0.05, 0.1) is 45.2 Å². The number of aliphatic carboxylic acids is 1. The molecule has 1 aromatic rings. The summed E-state index contributed by atoms with van der Waals surface area (Å²) in [4.78, 5) is 63.4. The van der Waals surface area contributed by atoms with Crippen molar-refractivity contribution in [3.05, 3.63) is 28.4 Å². The minimum Gasteiger partial charge on any atom is -0.477 e. The number of carbonyl (C=O) groups excluding carboxylic acids is 2. The predicted octanol–water partition coefficient (Wildman–Crippen LogP) is -5.18. The Hall–Kier alpha value is -3.20. The second kappa shape index (κ2) is 19.2. The van der Waals surface area contributed by atoms with Gasteiger partial charge in [0.15, 0.2) is 6.23 Å². The molecule has 2 aliphatic rings. The van der Waals surface area contributed by atoms with Crippen LogP contribution >= 0.6 is 7.82 Å². The summed E-state index contributed by atoms with van der Waals surface area (Å²) in [6, 6.07) is -0.378. The second-order valence-electron chi connectivity index (χ2n) is 11.5. The quantitative estimate of drug-likeness (QED) is 0.0464. The number of methoxy groups -OCH3 is 1. The molecule has 24 nitrogen and oxygen atoms in total. The molecule has 0 saturated carbocycles. The molecule has 0 radical (unpaired) electrons. The van der Waals surface area contributed by atoms with Crippen molar-refractivity contribution in [1.82, 2.24) is 20.2 Å². The van der Waals surface area contributed by atoms with Gasteiger partial charge in [-0.1, -0.05) is 0 Å². The van der Waals surface area contributed by atoms with E-state index in [1.165, 1.54) is 26.3 Å². The van der Waals surface area contributed by atoms with Crippen molar-refractivity contribution in [2.24, 2.45) is 0 Å². The van der Waals surface area contributed by atoms with Gasteiger partial charge in [-0.2, -0.15) is 4.98 Å². The van der Waals surface area contributed by atoms with Gasteiger partial charge in [-0.05, 0) is 13.0 Å². The molecular formula is C27H43N4O20P. The van der Waals surface area contributed by atoms with Gasteiger partial charge in [-0.15, -0.1) is 0 Å². The number of nitrogens with zero attached hydrogens (tertiary/aromatic N) is 2. The van der Waals surface area contributed by atoms with Crippen LogP contribution in [0.15, 0.2) is 17.1 Å². The lowest BCUT2D eigenvalue weighted by molar-refractivity contribution is -0.289. The molecule has 296 valence electrons. The number of amides is 2. The molecule has 0 aliphatic carbocycles. The summed E-state index contributed by atoms with van der Waals surface area (Å²) >= 11 is 0. The van der Waals surface area contributed by atoms with Crippen LogP contribution < -0.4 is 16.3 Å². The van der Waals surface area contributed by atoms with Crippen molar-refractivity contribution < 1.29 is 92.3 Å². The SMILES string of the molecule is COCCOCCOC(=O)NCC(=O)N[C@H]1C([C@H](O)[C@H](O)CO)O[C@](OP(=O)(O)OCC2O[C@@H](n3ccc(C)nc3=O)[C@H](O)[C@@H]2O)(C(=O)O)C[C@H]1O. The molecule has 3 rings (SSSR count). The number of aromatic nitrogens is 2. The Balaban J connectivity index is 1.69. The summed E-state index contributed by atoms with van der Waals surface area (Å²) in [7, 11) is -4.15. The van der Waals surface area contributed by atoms with Crippen LogP contribution in [0.2, 0.25) is 0 Å². The monoisotopic (exact) mass is 774 g/mol. The number of phosphoric acid groups is 1. The van der Waals surface area contributed by atoms with Crippen LogP contribution in [0.25, 0.3) is 0 Å².